The number of fused-ring (bicyclic) bond motifs is 1. The van der Waals surface area contributed by atoms with Crippen LogP contribution in [-0.2, 0) is 11.2 Å². The van der Waals surface area contributed by atoms with Gasteiger partial charge in [0.15, 0.2) is 0 Å². The number of nitrogens with one attached hydrogen (secondary N) is 1. The molecule has 2 amide bonds. The minimum atomic E-state index is 0.00183. The van der Waals surface area contributed by atoms with Crippen molar-refractivity contribution in [3.8, 4) is 0 Å². The quantitative estimate of drug-likeness (QED) is 0.773. The second-order valence-electron chi connectivity index (χ2n) is 6.62. The number of para-hydroxylation sites is 1. The van der Waals surface area contributed by atoms with Crippen LogP contribution in [0.5, 0.6) is 0 Å². The second kappa shape index (κ2) is 6.96. The number of carbonyl (C=O) groups is 2. The number of thiophene rings is 1. The lowest BCUT2D eigenvalue weighted by Crippen LogP contribution is -2.51. The van der Waals surface area contributed by atoms with Crippen molar-refractivity contribution in [2.45, 2.75) is 13.3 Å². The van der Waals surface area contributed by atoms with Gasteiger partial charge < -0.3 is 14.8 Å². The highest BCUT2D eigenvalue weighted by Gasteiger charge is 2.26. The van der Waals surface area contributed by atoms with E-state index in [2.05, 4.69) is 4.98 Å². The van der Waals surface area contributed by atoms with E-state index in [0.29, 0.717) is 38.3 Å². The normalized spacial score (nSPS) is 14.8. The van der Waals surface area contributed by atoms with Gasteiger partial charge in [-0.15, -0.1) is 11.3 Å². The predicted octanol–water partition coefficient (Wildman–Crippen LogP) is 3.06. The summed E-state index contributed by atoms with van der Waals surface area (Å²) in [4.78, 5) is 33.3. The molecule has 1 aromatic carbocycles. The smallest absolute Gasteiger partial charge is 0.270 e. The molecule has 1 saturated heterocycles. The Morgan fingerprint density at radius 3 is 2.50 bits per heavy atom. The van der Waals surface area contributed by atoms with Gasteiger partial charge in [-0.05, 0) is 36.1 Å². The van der Waals surface area contributed by atoms with Gasteiger partial charge in [-0.3, -0.25) is 9.59 Å². The van der Waals surface area contributed by atoms with Crippen LogP contribution in [0, 0.1) is 6.92 Å². The van der Waals surface area contributed by atoms with Gasteiger partial charge in [-0.1, -0.05) is 18.2 Å². The van der Waals surface area contributed by atoms with Crippen molar-refractivity contribution in [1.82, 2.24) is 14.8 Å². The molecule has 1 N–H and O–H groups in total. The summed E-state index contributed by atoms with van der Waals surface area (Å²) in [5.74, 6) is 0.145. The zero-order valence-electron chi connectivity index (χ0n) is 14.7. The molecule has 0 aliphatic carbocycles. The van der Waals surface area contributed by atoms with E-state index in [4.69, 9.17) is 0 Å². The highest BCUT2D eigenvalue weighted by atomic mass is 32.1. The van der Waals surface area contributed by atoms with E-state index in [0.717, 1.165) is 16.5 Å². The van der Waals surface area contributed by atoms with Crippen LogP contribution in [0.3, 0.4) is 0 Å². The number of nitrogens with zero attached hydrogens (tertiary/aromatic N) is 2. The molecule has 0 radical (unpaired) electrons. The highest BCUT2D eigenvalue weighted by Crippen LogP contribution is 2.19. The van der Waals surface area contributed by atoms with Gasteiger partial charge in [0.1, 0.15) is 5.69 Å². The molecule has 0 spiro atoms. The molecule has 0 unspecified atom stereocenters. The first kappa shape index (κ1) is 16.8. The molecule has 134 valence electrons. The van der Waals surface area contributed by atoms with Gasteiger partial charge in [0, 0.05) is 42.0 Å². The number of aromatic nitrogens is 1. The summed E-state index contributed by atoms with van der Waals surface area (Å²) in [5, 5.41) is 3.06. The van der Waals surface area contributed by atoms with Gasteiger partial charge in [0.25, 0.3) is 5.91 Å². The Labute approximate surface area is 156 Å². The number of H-pyrrole nitrogens is 1. The summed E-state index contributed by atoms with van der Waals surface area (Å²) >= 11 is 1.67. The third-order valence-electron chi connectivity index (χ3n) is 4.99. The minimum Gasteiger partial charge on any atom is -0.351 e. The second-order valence-corrected chi connectivity index (χ2v) is 7.74. The zero-order chi connectivity index (χ0) is 18.1. The van der Waals surface area contributed by atoms with Crippen LogP contribution in [0.1, 0.15) is 20.9 Å². The molecule has 6 heteroatoms. The first-order chi connectivity index (χ1) is 12.6. The summed E-state index contributed by atoms with van der Waals surface area (Å²) in [6.45, 7) is 4.37. The third-order valence-corrected chi connectivity index (χ3v) is 5.88. The van der Waals surface area contributed by atoms with E-state index >= 15 is 0 Å². The monoisotopic (exact) mass is 367 g/mol. The first-order valence-corrected chi connectivity index (χ1v) is 9.67. The fourth-order valence-electron chi connectivity index (χ4n) is 3.39. The molecule has 1 aliphatic rings. The SMILES string of the molecule is Cc1sccc1CC(=O)N1CCN(C(=O)c2cc3ccccc3[nH]2)CC1. The number of benzene rings is 1. The summed E-state index contributed by atoms with van der Waals surface area (Å²) in [7, 11) is 0. The number of rotatable bonds is 3. The lowest BCUT2D eigenvalue weighted by atomic mass is 10.1. The van der Waals surface area contributed by atoms with Gasteiger partial charge in [0.05, 0.1) is 6.42 Å². The maximum Gasteiger partial charge on any atom is 0.270 e. The zero-order valence-corrected chi connectivity index (χ0v) is 15.5. The average molecular weight is 367 g/mol. The minimum absolute atomic E-state index is 0.00183. The number of piperazine rings is 1. The number of aryl methyl sites for hydroxylation is 1. The lowest BCUT2D eigenvalue weighted by molar-refractivity contribution is -0.131. The van der Waals surface area contributed by atoms with Crippen molar-refractivity contribution in [3.05, 3.63) is 57.9 Å². The molecule has 1 fully saturated rings. The fraction of sp³-hybridized carbons (Fsp3) is 0.300. The first-order valence-electron chi connectivity index (χ1n) is 8.79. The Bertz CT molecular complexity index is 918. The van der Waals surface area contributed by atoms with Gasteiger partial charge in [-0.25, -0.2) is 0 Å². The molecule has 0 bridgehead atoms. The molecule has 3 heterocycles. The summed E-state index contributed by atoms with van der Waals surface area (Å²) in [6, 6.07) is 11.8. The molecular weight excluding hydrogens is 346 g/mol. The molecule has 5 nitrogen and oxygen atoms in total. The molecule has 2 aromatic heterocycles. The van der Waals surface area contributed by atoms with Crippen molar-refractivity contribution in [3.63, 3.8) is 0 Å². The average Bonchev–Trinajstić information content (AvgIpc) is 3.27. The van der Waals surface area contributed by atoms with Crippen molar-refractivity contribution < 1.29 is 9.59 Å². The Morgan fingerprint density at radius 1 is 1.08 bits per heavy atom. The lowest BCUT2D eigenvalue weighted by Gasteiger charge is -2.34. The fourth-order valence-corrected chi connectivity index (χ4v) is 4.12. The summed E-state index contributed by atoms with van der Waals surface area (Å²) in [5.41, 5.74) is 2.69. The van der Waals surface area contributed by atoms with Crippen molar-refractivity contribution in [2.75, 3.05) is 26.2 Å². The van der Waals surface area contributed by atoms with Crippen molar-refractivity contribution in [2.24, 2.45) is 0 Å². The molecule has 4 rings (SSSR count). The van der Waals surface area contributed by atoms with E-state index in [1.165, 1.54) is 4.88 Å². The Balaban J connectivity index is 1.37. The van der Waals surface area contributed by atoms with Crippen LogP contribution in [0.15, 0.2) is 41.8 Å². The number of aromatic amines is 1. The molecule has 1 aliphatic heterocycles. The number of carbonyl (C=O) groups excluding carboxylic acids is 2. The van der Waals surface area contributed by atoms with E-state index in [1.54, 1.807) is 11.3 Å². The van der Waals surface area contributed by atoms with Crippen LogP contribution in [0.25, 0.3) is 10.9 Å². The van der Waals surface area contributed by atoms with E-state index in [1.807, 2.05) is 58.5 Å². The molecule has 3 aromatic rings. The maximum absolute atomic E-state index is 12.7. The van der Waals surface area contributed by atoms with Crippen LogP contribution >= 0.6 is 11.3 Å². The van der Waals surface area contributed by atoms with Gasteiger partial charge >= 0.3 is 0 Å². The number of hydrogen-bond acceptors (Lipinski definition) is 3. The standard InChI is InChI=1S/C20H21N3O2S/c1-14-15(6-11-26-14)13-19(24)22-7-9-23(10-8-22)20(25)18-12-16-4-2-3-5-17(16)21-18/h2-6,11-12,21H,7-10,13H2,1H3. The summed E-state index contributed by atoms with van der Waals surface area (Å²) < 4.78 is 0. The molecule has 0 atom stereocenters. The molecular formula is C20H21N3O2S. The largest absolute Gasteiger partial charge is 0.351 e. The van der Waals surface area contributed by atoms with Crippen LogP contribution in [-0.4, -0.2) is 52.8 Å². The predicted molar refractivity (Wildman–Crippen MR) is 104 cm³/mol. The van der Waals surface area contributed by atoms with Crippen LogP contribution in [0.2, 0.25) is 0 Å². The van der Waals surface area contributed by atoms with Crippen molar-refractivity contribution >= 4 is 34.1 Å². The third kappa shape index (κ3) is 3.24. The van der Waals surface area contributed by atoms with E-state index in [-0.39, 0.29) is 11.8 Å². The Hall–Kier alpha value is -2.60. The Kier molecular flexibility index (Phi) is 4.51. The Morgan fingerprint density at radius 2 is 1.81 bits per heavy atom. The molecule has 26 heavy (non-hydrogen) atoms. The summed E-state index contributed by atoms with van der Waals surface area (Å²) in [6.07, 6.45) is 0.450. The molecule has 0 saturated carbocycles. The maximum atomic E-state index is 12.7. The highest BCUT2D eigenvalue weighted by molar-refractivity contribution is 7.10. The topological polar surface area (TPSA) is 56.4 Å². The van der Waals surface area contributed by atoms with E-state index in [9.17, 15) is 9.59 Å². The van der Waals surface area contributed by atoms with Gasteiger partial charge in [-0.2, -0.15) is 0 Å². The van der Waals surface area contributed by atoms with Crippen LogP contribution < -0.4 is 0 Å². The van der Waals surface area contributed by atoms with E-state index < -0.39 is 0 Å². The number of hydrogen-bond donors (Lipinski definition) is 1. The van der Waals surface area contributed by atoms with Crippen molar-refractivity contribution in [1.29, 1.82) is 0 Å². The number of amides is 2. The van der Waals surface area contributed by atoms with Gasteiger partial charge in [0.2, 0.25) is 5.91 Å². The van der Waals surface area contributed by atoms with Crippen LogP contribution in [0.4, 0.5) is 0 Å².